The molecule has 27 heavy (non-hydrogen) atoms. The van der Waals surface area contributed by atoms with Gasteiger partial charge in [-0.3, -0.25) is 4.79 Å². The van der Waals surface area contributed by atoms with Crippen LogP contribution in [0.1, 0.15) is 28.5 Å². The lowest BCUT2D eigenvalue weighted by Gasteiger charge is -2.06. The van der Waals surface area contributed by atoms with E-state index in [0.717, 1.165) is 18.2 Å². The van der Waals surface area contributed by atoms with Gasteiger partial charge in [0.15, 0.2) is 5.78 Å². The summed E-state index contributed by atoms with van der Waals surface area (Å²) in [4.78, 5) is 15.5. The summed E-state index contributed by atoms with van der Waals surface area (Å²) in [5.74, 6) is -0.787. The third kappa shape index (κ3) is 4.51. The molecule has 0 amide bonds. The number of ketones is 1. The number of alkyl halides is 3. The predicted octanol–water partition coefficient (Wildman–Crippen LogP) is 5.75. The maximum atomic E-state index is 13.8. The van der Waals surface area contributed by atoms with E-state index in [1.807, 2.05) is 0 Å². The van der Waals surface area contributed by atoms with Crippen molar-refractivity contribution < 1.29 is 27.1 Å². The highest BCUT2D eigenvalue weighted by Gasteiger charge is 2.30. The molecule has 0 radical (unpaired) electrons. The summed E-state index contributed by atoms with van der Waals surface area (Å²) in [7, 11) is 0. The van der Waals surface area contributed by atoms with Gasteiger partial charge in [0.1, 0.15) is 23.2 Å². The molecule has 2 aromatic carbocycles. The first-order valence-corrected chi connectivity index (χ1v) is 8.67. The number of thiazole rings is 1. The van der Waals surface area contributed by atoms with Gasteiger partial charge in [0, 0.05) is 17.0 Å². The molecule has 3 nitrogen and oxygen atoms in total. The van der Waals surface area contributed by atoms with Crippen molar-refractivity contribution in [3.05, 3.63) is 70.5 Å². The zero-order valence-electron chi connectivity index (χ0n) is 14.0. The number of Topliss-reactive ketones (excluding diaryl/α,β-unsaturated/α-hetero) is 1. The molecule has 0 aliphatic heterocycles. The van der Waals surface area contributed by atoms with Crippen molar-refractivity contribution in [1.82, 2.24) is 4.98 Å². The Morgan fingerprint density at radius 3 is 2.44 bits per heavy atom. The van der Waals surface area contributed by atoms with Gasteiger partial charge in [0.05, 0.1) is 16.8 Å². The van der Waals surface area contributed by atoms with Gasteiger partial charge in [-0.05, 0) is 31.2 Å². The molecular formula is C19H13F4NO2S. The number of nitrogens with zero attached hydrogens (tertiary/aromatic N) is 1. The third-order valence-electron chi connectivity index (χ3n) is 3.72. The van der Waals surface area contributed by atoms with Crippen LogP contribution in [0, 0.1) is 5.82 Å². The zero-order chi connectivity index (χ0) is 19.6. The summed E-state index contributed by atoms with van der Waals surface area (Å²) in [5.41, 5.74) is 0.394. The van der Waals surface area contributed by atoms with Crippen LogP contribution in [0.2, 0.25) is 0 Å². The number of carbonyl (C=O) groups excluding carboxylic acids is 1. The summed E-state index contributed by atoms with van der Waals surface area (Å²) in [6.45, 7) is 1.34. The topological polar surface area (TPSA) is 39.2 Å². The fourth-order valence-electron chi connectivity index (χ4n) is 2.34. The van der Waals surface area contributed by atoms with Gasteiger partial charge in [0.25, 0.3) is 0 Å². The van der Waals surface area contributed by atoms with Crippen LogP contribution in [-0.2, 0) is 12.8 Å². The Balaban J connectivity index is 1.68. The second-order valence-electron chi connectivity index (χ2n) is 5.71. The smallest absolute Gasteiger partial charge is 0.416 e. The zero-order valence-corrected chi connectivity index (χ0v) is 14.8. The Kier molecular flexibility index (Phi) is 5.27. The Morgan fingerprint density at radius 1 is 1.15 bits per heavy atom. The number of rotatable bonds is 5. The molecule has 0 fully saturated rings. The van der Waals surface area contributed by atoms with E-state index in [1.165, 1.54) is 42.5 Å². The van der Waals surface area contributed by atoms with Gasteiger partial charge in [-0.25, -0.2) is 9.37 Å². The minimum absolute atomic E-state index is 0.0133. The molecule has 0 unspecified atom stereocenters. The molecule has 8 heteroatoms. The minimum Gasteiger partial charge on any atom is -0.487 e. The summed E-state index contributed by atoms with van der Waals surface area (Å²) < 4.78 is 57.1. The summed E-state index contributed by atoms with van der Waals surface area (Å²) >= 11 is 1.27. The van der Waals surface area contributed by atoms with Crippen LogP contribution in [0.5, 0.6) is 5.75 Å². The molecule has 3 aromatic rings. The average molecular weight is 395 g/mol. The van der Waals surface area contributed by atoms with E-state index in [4.69, 9.17) is 4.74 Å². The number of hydrogen-bond donors (Lipinski definition) is 0. The summed E-state index contributed by atoms with van der Waals surface area (Å²) in [6.07, 6.45) is -4.38. The second kappa shape index (κ2) is 7.48. The highest BCUT2D eigenvalue weighted by molar-refractivity contribution is 7.13. The van der Waals surface area contributed by atoms with Crippen LogP contribution in [0.25, 0.3) is 10.6 Å². The monoisotopic (exact) mass is 395 g/mol. The minimum atomic E-state index is -4.38. The Bertz CT molecular complexity index is 965. The fourth-order valence-corrected chi connectivity index (χ4v) is 3.15. The van der Waals surface area contributed by atoms with Crippen molar-refractivity contribution in [2.24, 2.45) is 0 Å². The normalized spacial score (nSPS) is 11.4. The molecule has 3 rings (SSSR count). The van der Waals surface area contributed by atoms with Crippen molar-refractivity contribution in [3.8, 4) is 16.3 Å². The molecule has 1 aromatic heterocycles. The maximum absolute atomic E-state index is 13.8. The molecule has 140 valence electrons. The van der Waals surface area contributed by atoms with Crippen LogP contribution in [0.4, 0.5) is 17.6 Å². The molecule has 0 aliphatic carbocycles. The number of ether oxygens (including phenoxy) is 1. The fraction of sp³-hybridized carbons (Fsp3) is 0.158. The Morgan fingerprint density at radius 2 is 1.85 bits per heavy atom. The van der Waals surface area contributed by atoms with Crippen LogP contribution < -0.4 is 4.74 Å². The molecule has 0 saturated carbocycles. The maximum Gasteiger partial charge on any atom is 0.416 e. The number of halogens is 4. The molecule has 1 heterocycles. The summed E-state index contributed by atoms with van der Waals surface area (Å²) in [5, 5.41) is 2.27. The Hall–Kier alpha value is -2.74. The SMILES string of the molecule is CC(=O)c1ccc(OCc2csc(-c3ccc(C(F)(F)F)cc3)n2)cc1F. The molecule has 0 saturated heterocycles. The first-order chi connectivity index (χ1) is 12.7. The molecule has 0 bridgehead atoms. The summed E-state index contributed by atoms with van der Waals surface area (Å²) in [6, 6.07) is 8.70. The van der Waals surface area contributed by atoms with Gasteiger partial charge < -0.3 is 4.74 Å². The van der Waals surface area contributed by atoms with Gasteiger partial charge in [0.2, 0.25) is 0 Å². The molecule has 0 N–H and O–H groups in total. The van der Waals surface area contributed by atoms with Crippen molar-refractivity contribution in [3.63, 3.8) is 0 Å². The quantitative estimate of drug-likeness (QED) is 0.408. The first kappa shape index (κ1) is 19.0. The van der Waals surface area contributed by atoms with Gasteiger partial charge in [-0.15, -0.1) is 11.3 Å². The van der Waals surface area contributed by atoms with E-state index in [2.05, 4.69) is 4.98 Å². The van der Waals surface area contributed by atoms with Crippen molar-refractivity contribution in [2.45, 2.75) is 19.7 Å². The first-order valence-electron chi connectivity index (χ1n) is 7.79. The van der Waals surface area contributed by atoms with E-state index in [0.29, 0.717) is 16.3 Å². The van der Waals surface area contributed by atoms with Crippen molar-refractivity contribution in [1.29, 1.82) is 0 Å². The van der Waals surface area contributed by atoms with Gasteiger partial charge in [-0.2, -0.15) is 13.2 Å². The van der Waals surface area contributed by atoms with E-state index in [-0.39, 0.29) is 23.7 Å². The highest BCUT2D eigenvalue weighted by atomic mass is 32.1. The van der Waals surface area contributed by atoms with Crippen LogP contribution >= 0.6 is 11.3 Å². The van der Waals surface area contributed by atoms with Crippen molar-refractivity contribution in [2.75, 3.05) is 0 Å². The number of benzene rings is 2. The number of carbonyl (C=O) groups is 1. The van der Waals surface area contributed by atoms with Gasteiger partial charge in [-0.1, -0.05) is 12.1 Å². The largest absolute Gasteiger partial charge is 0.487 e. The lowest BCUT2D eigenvalue weighted by molar-refractivity contribution is -0.137. The molecular weight excluding hydrogens is 382 g/mol. The third-order valence-corrected chi connectivity index (χ3v) is 4.66. The number of hydrogen-bond acceptors (Lipinski definition) is 4. The van der Waals surface area contributed by atoms with Crippen LogP contribution in [0.15, 0.2) is 47.8 Å². The molecule has 0 atom stereocenters. The van der Waals surface area contributed by atoms with E-state index < -0.39 is 17.6 Å². The standard InChI is InChI=1S/C19H13F4NO2S/c1-11(25)16-7-6-15(8-17(16)20)26-9-14-10-27-18(24-14)12-2-4-13(5-3-12)19(21,22)23/h2-8,10H,9H2,1H3. The van der Waals surface area contributed by atoms with E-state index in [1.54, 1.807) is 5.38 Å². The van der Waals surface area contributed by atoms with E-state index >= 15 is 0 Å². The van der Waals surface area contributed by atoms with Crippen molar-refractivity contribution >= 4 is 17.1 Å². The Labute approximate surface area is 156 Å². The lowest BCUT2D eigenvalue weighted by atomic mass is 10.1. The van der Waals surface area contributed by atoms with Crippen LogP contribution in [-0.4, -0.2) is 10.8 Å². The van der Waals surface area contributed by atoms with Crippen LogP contribution in [0.3, 0.4) is 0 Å². The molecule has 0 spiro atoms. The average Bonchev–Trinajstić information content (AvgIpc) is 3.08. The van der Waals surface area contributed by atoms with E-state index in [9.17, 15) is 22.4 Å². The second-order valence-corrected chi connectivity index (χ2v) is 6.56. The van der Waals surface area contributed by atoms with Gasteiger partial charge >= 0.3 is 6.18 Å². The number of aromatic nitrogens is 1. The predicted molar refractivity (Wildman–Crippen MR) is 93.3 cm³/mol. The molecule has 0 aliphatic rings. The highest BCUT2D eigenvalue weighted by Crippen LogP contribution is 2.32. The lowest BCUT2D eigenvalue weighted by Crippen LogP contribution is -2.04.